The normalized spacial score (nSPS) is 25.4. The van der Waals surface area contributed by atoms with Crippen LogP contribution in [0.5, 0.6) is 0 Å². The maximum atomic E-state index is 11.7. The van der Waals surface area contributed by atoms with Crippen LogP contribution in [-0.4, -0.2) is 29.1 Å². The van der Waals surface area contributed by atoms with Gasteiger partial charge in [-0.25, -0.2) is 9.86 Å². The second-order valence-corrected chi connectivity index (χ2v) is 4.13. The van der Waals surface area contributed by atoms with Gasteiger partial charge in [0.1, 0.15) is 12.6 Å². The molecular weight excluding hydrogens is 234 g/mol. The maximum absolute atomic E-state index is 11.7. The first kappa shape index (κ1) is 11.0. The Labute approximate surface area is 104 Å². The number of benzene rings is 1. The number of nitrogens with zero attached hydrogens (tertiary/aromatic N) is 1. The molecule has 2 heterocycles. The fraction of sp³-hybridized carbons (Fsp3) is 0.231. The van der Waals surface area contributed by atoms with Crippen LogP contribution < -0.4 is 0 Å². The monoisotopic (exact) mass is 245 g/mol. The van der Waals surface area contributed by atoms with Crippen LogP contribution in [0.1, 0.15) is 5.56 Å². The van der Waals surface area contributed by atoms with Crippen molar-refractivity contribution in [3.8, 4) is 0 Å². The largest absolute Gasteiger partial charge is 0.446 e. The Morgan fingerprint density at radius 2 is 2.00 bits per heavy atom. The number of fused-ring (bicyclic) bond motifs is 1. The highest BCUT2D eigenvalue weighted by atomic mass is 16.7. The molecule has 1 amide bonds. The second kappa shape index (κ2) is 4.27. The summed E-state index contributed by atoms with van der Waals surface area (Å²) in [6.45, 7) is 0.317. The van der Waals surface area contributed by atoms with Gasteiger partial charge in [-0.1, -0.05) is 30.3 Å². The molecule has 2 aliphatic rings. The summed E-state index contributed by atoms with van der Waals surface area (Å²) in [6.07, 6.45) is 2.23. The predicted octanol–water partition coefficient (Wildman–Crippen LogP) is 0.811. The molecule has 0 unspecified atom stereocenters. The summed E-state index contributed by atoms with van der Waals surface area (Å²) in [5.41, 5.74) is 0.977. The van der Waals surface area contributed by atoms with E-state index in [1.807, 2.05) is 30.3 Å². The van der Waals surface area contributed by atoms with E-state index >= 15 is 0 Å². The van der Waals surface area contributed by atoms with E-state index in [9.17, 15) is 9.59 Å². The van der Waals surface area contributed by atoms with Gasteiger partial charge in [0.2, 0.25) is 6.10 Å². The first-order chi connectivity index (χ1) is 8.75. The fourth-order valence-electron chi connectivity index (χ4n) is 1.97. The predicted molar refractivity (Wildman–Crippen MR) is 60.9 cm³/mol. The number of hydrogen-bond acceptors (Lipinski definition) is 4. The van der Waals surface area contributed by atoms with Gasteiger partial charge < -0.3 is 4.74 Å². The third-order valence-corrected chi connectivity index (χ3v) is 2.93. The fourth-order valence-corrected chi connectivity index (χ4v) is 1.97. The lowest BCUT2D eigenvalue weighted by atomic mass is 9.99. The molecule has 0 radical (unpaired) electrons. The quantitative estimate of drug-likeness (QED) is 0.584. The van der Waals surface area contributed by atoms with Crippen LogP contribution in [0.4, 0.5) is 0 Å². The van der Waals surface area contributed by atoms with Crippen LogP contribution in [0.15, 0.2) is 42.5 Å². The van der Waals surface area contributed by atoms with Gasteiger partial charge in [-0.2, -0.15) is 0 Å². The van der Waals surface area contributed by atoms with Crippen molar-refractivity contribution in [2.24, 2.45) is 0 Å². The molecule has 5 heteroatoms. The maximum Gasteiger partial charge on any atom is 0.331 e. The number of hydrogen-bond donors (Lipinski definition) is 0. The van der Waals surface area contributed by atoms with Crippen molar-refractivity contribution in [2.75, 3.05) is 0 Å². The van der Waals surface area contributed by atoms with Gasteiger partial charge in [-0.3, -0.25) is 9.63 Å². The molecule has 0 spiro atoms. The first-order valence-corrected chi connectivity index (χ1v) is 5.64. The Bertz CT molecular complexity index is 511. The Morgan fingerprint density at radius 3 is 2.78 bits per heavy atom. The topological polar surface area (TPSA) is 55.8 Å². The van der Waals surface area contributed by atoms with Crippen molar-refractivity contribution in [3.63, 3.8) is 0 Å². The molecule has 18 heavy (non-hydrogen) atoms. The minimum Gasteiger partial charge on any atom is -0.446 e. The zero-order chi connectivity index (χ0) is 12.5. The molecular formula is C13H11NO4. The lowest BCUT2D eigenvalue weighted by Gasteiger charge is -2.44. The minimum absolute atomic E-state index is 0.293. The van der Waals surface area contributed by atoms with E-state index in [1.165, 1.54) is 11.1 Å². The number of hydroxylamine groups is 2. The molecule has 0 aromatic heterocycles. The average molecular weight is 245 g/mol. The molecule has 2 atom stereocenters. The molecule has 5 nitrogen and oxygen atoms in total. The van der Waals surface area contributed by atoms with Gasteiger partial charge in [-0.05, 0) is 11.6 Å². The highest BCUT2D eigenvalue weighted by molar-refractivity contribution is 5.94. The van der Waals surface area contributed by atoms with Crippen molar-refractivity contribution < 1.29 is 19.2 Å². The Kier molecular flexibility index (Phi) is 2.60. The number of β-lactam (4-membered cyclic amide) rings is 1. The summed E-state index contributed by atoms with van der Waals surface area (Å²) in [6, 6.07) is 9.26. The van der Waals surface area contributed by atoms with Crippen LogP contribution in [0, 0.1) is 0 Å². The zero-order valence-corrected chi connectivity index (χ0v) is 9.48. The molecule has 0 aliphatic carbocycles. The smallest absolute Gasteiger partial charge is 0.331 e. The van der Waals surface area contributed by atoms with Crippen LogP contribution in [0.25, 0.3) is 0 Å². The van der Waals surface area contributed by atoms with Gasteiger partial charge in [-0.15, -0.1) is 0 Å². The van der Waals surface area contributed by atoms with E-state index in [1.54, 1.807) is 6.08 Å². The molecule has 3 rings (SSSR count). The molecule has 0 N–H and O–H groups in total. The second-order valence-electron chi connectivity index (χ2n) is 4.13. The molecule has 1 fully saturated rings. The average Bonchev–Trinajstić information content (AvgIpc) is 2.41. The van der Waals surface area contributed by atoms with E-state index in [2.05, 4.69) is 0 Å². The molecule has 0 saturated carbocycles. The molecule has 1 aromatic rings. The number of amides is 1. The molecule has 0 bridgehead atoms. The van der Waals surface area contributed by atoms with Gasteiger partial charge >= 0.3 is 5.97 Å². The van der Waals surface area contributed by atoms with E-state index in [0.717, 1.165) is 5.56 Å². The van der Waals surface area contributed by atoms with E-state index in [4.69, 9.17) is 9.57 Å². The van der Waals surface area contributed by atoms with Crippen molar-refractivity contribution in [1.82, 2.24) is 5.06 Å². The summed E-state index contributed by atoms with van der Waals surface area (Å²) < 4.78 is 4.88. The van der Waals surface area contributed by atoms with Gasteiger partial charge in [0, 0.05) is 6.08 Å². The molecule has 2 aliphatic heterocycles. The van der Waals surface area contributed by atoms with Crippen molar-refractivity contribution in [3.05, 3.63) is 48.0 Å². The number of carbonyl (C=O) groups is 2. The standard InChI is InChI=1S/C13H11NO4/c15-11-7-6-10-12(18-11)13(16)14(10)17-8-9-4-2-1-3-5-9/h1-7,10,12H,8H2/t10-,12+/m1/s1. The van der Waals surface area contributed by atoms with Gasteiger partial charge in [0.05, 0.1) is 0 Å². The lowest BCUT2D eigenvalue weighted by Crippen LogP contribution is -2.65. The highest BCUT2D eigenvalue weighted by Crippen LogP contribution is 2.28. The van der Waals surface area contributed by atoms with Crippen molar-refractivity contribution >= 4 is 11.9 Å². The summed E-state index contributed by atoms with van der Waals surface area (Å²) in [5, 5.41) is 1.25. The third kappa shape index (κ3) is 1.78. The van der Waals surface area contributed by atoms with Crippen molar-refractivity contribution in [1.29, 1.82) is 0 Å². The summed E-state index contributed by atoms with van der Waals surface area (Å²) in [4.78, 5) is 28.0. The third-order valence-electron chi connectivity index (χ3n) is 2.93. The summed E-state index contributed by atoms with van der Waals surface area (Å²) in [7, 11) is 0. The van der Waals surface area contributed by atoms with Crippen LogP contribution >= 0.6 is 0 Å². The van der Waals surface area contributed by atoms with E-state index < -0.39 is 12.1 Å². The molecule has 92 valence electrons. The minimum atomic E-state index is -0.710. The van der Waals surface area contributed by atoms with Gasteiger partial charge in [0.15, 0.2) is 0 Å². The lowest BCUT2D eigenvalue weighted by molar-refractivity contribution is -0.255. The van der Waals surface area contributed by atoms with Crippen LogP contribution in [0.3, 0.4) is 0 Å². The molecule has 1 aromatic carbocycles. The summed E-state index contributed by atoms with van der Waals surface area (Å²) >= 11 is 0. The molecule has 1 saturated heterocycles. The van der Waals surface area contributed by atoms with Crippen LogP contribution in [0.2, 0.25) is 0 Å². The van der Waals surface area contributed by atoms with Gasteiger partial charge in [0.25, 0.3) is 5.91 Å². The number of carbonyl (C=O) groups excluding carboxylic acids is 2. The van der Waals surface area contributed by atoms with Crippen molar-refractivity contribution in [2.45, 2.75) is 18.8 Å². The highest BCUT2D eigenvalue weighted by Gasteiger charge is 2.51. The Morgan fingerprint density at radius 1 is 1.22 bits per heavy atom. The van der Waals surface area contributed by atoms with Crippen LogP contribution in [-0.2, 0) is 25.8 Å². The Balaban J connectivity index is 1.63. The zero-order valence-electron chi connectivity index (χ0n) is 9.48. The summed E-state index contributed by atoms with van der Waals surface area (Å²) in [5.74, 6) is -0.791. The number of rotatable bonds is 3. The number of ether oxygens (including phenoxy) is 1. The van der Waals surface area contributed by atoms with E-state index in [0.29, 0.717) is 6.61 Å². The Hall–Kier alpha value is -2.14. The number of esters is 1. The van der Waals surface area contributed by atoms with E-state index in [-0.39, 0.29) is 11.9 Å². The SMILES string of the molecule is O=C1C=C[C@@H]2[C@H](O1)C(=O)N2OCc1ccccc1. The first-order valence-electron chi connectivity index (χ1n) is 5.64.